The molecule has 1 atom stereocenters. The van der Waals surface area contributed by atoms with E-state index in [0.29, 0.717) is 0 Å². The van der Waals surface area contributed by atoms with Gasteiger partial charge in [-0.05, 0) is 6.92 Å². The number of nitrogens with one attached hydrogen (secondary N) is 1. The molecule has 96 valence electrons. The summed E-state index contributed by atoms with van der Waals surface area (Å²) >= 11 is 0. The summed E-state index contributed by atoms with van der Waals surface area (Å²) in [5.41, 5.74) is 0. The summed E-state index contributed by atoms with van der Waals surface area (Å²) in [7, 11) is 0. The van der Waals surface area contributed by atoms with Gasteiger partial charge in [-0.3, -0.25) is 4.79 Å². The minimum atomic E-state index is -5.71. The maximum absolute atomic E-state index is 12.0. The van der Waals surface area contributed by atoms with Crippen LogP contribution in [-0.4, -0.2) is 36.0 Å². The number of halogens is 6. The number of aliphatic hydroxyl groups is 1. The molecule has 2 N–H and O–H groups in total. The smallest absolute Gasteiger partial charge is 0.394 e. The average Bonchev–Trinajstić information content (AvgIpc) is 1.97. The summed E-state index contributed by atoms with van der Waals surface area (Å²) < 4.78 is 71.9. The summed E-state index contributed by atoms with van der Waals surface area (Å²) in [5.74, 6) is -6.30. The van der Waals surface area contributed by atoms with Gasteiger partial charge >= 0.3 is 12.4 Å². The van der Waals surface area contributed by atoms with Gasteiger partial charge in [-0.1, -0.05) is 0 Å². The lowest BCUT2D eigenvalue weighted by Gasteiger charge is -2.23. The van der Waals surface area contributed by atoms with Crippen LogP contribution >= 0.6 is 0 Å². The molecule has 0 saturated heterocycles. The molecule has 0 radical (unpaired) electrons. The highest BCUT2D eigenvalue weighted by molar-refractivity contribution is 5.80. The first-order chi connectivity index (χ1) is 7.00. The SMILES string of the molecule is CC(CO)NC(=O)C(C(F)(F)F)C(F)(F)F. The molecule has 0 aliphatic heterocycles. The second-order valence-electron chi connectivity index (χ2n) is 3.11. The van der Waals surface area contributed by atoms with Crippen LogP contribution in [0, 0.1) is 5.92 Å². The van der Waals surface area contributed by atoms with Crippen molar-refractivity contribution in [3.8, 4) is 0 Å². The molecular weight excluding hydrogens is 244 g/mol. The van der Waals surface area contributed by atoms with Crippen molar-refractivity contribution in [2.45, 2.75) is 25.3 Å². The van der Waals surface area contributed by atoms with E-state index in [2.05, 4.69) is 0 Å². The van der Waals surface area contributed by atoms with Crippen LogP contribution < -0.4 is 5.32 Å². The molecule has 0 saturated carbocycles. The Morgan fingerprint density at radius 3 is 1.81 bits per heavy atom. The largest absolute Gasteiger partial charge is 0.409 e. The van der Waals surface area contributed by atoms with E-state index in [1.165, 1.54) is 5.32 Å². The van der Waals surface area contributed by atoms with E-state index >= 15 is 0 Å². The van der Waals surface area contributed by atoms with Gasteiger partial charge in [-0.25, -0.2) is 0 Å². The zero-order valence-corrected chi connectivity index (χ0v) is 7.99. The van der Waals surface area contributed by atoms with Crippen LogP contribution in [0.15, 0.2) is 0 Å². The fourth-order valence-electron chi connectivity index (χ4n) is 0.855. The number of carbonyl (C=O) groups is 1. The Morgan fingerprint density at radius 2 is 1.56 bits per heavy atom. The molecule has 0 aromatic heterocycles. The van der Waals surface area contributed by atoms with E-state index in [-0.39, 0.29) is 0 Å². The molecule has 0 rings (SSSR count). The van der Waals surface area contributed by atoms with Crippen molar-refractivity contribution in [2.75, 3.05) is 6.61 Å². The zero-order chi connectivity index (χ0) is 13.1. The predicted molar refractivity (Wildman–Crippen MR) is 40.3 cm³/mol. The maximum atomic E-state index is 12.0. The monoisotopic (exact) mass is 253 g/mol. The molecule has 1 unspecified atom stereocenters. The summed E-state index contributed by atoms with van der Waals surface area (Å²) in [6.07, 6.45) is -11.4. The van der Waals surface area contributed by atoms with E-state index in [9.17, 15) is 31.1 Å². The highest BCUT2D eigenvalue weighted by Gasteiger charge is 2.61. The highest BCUT2D eigenvalue weighted by atomic mass is 19.4. The molecule has 0 aromatic carbocycles. The Kier molecular flexibility index (Phi) is 4.59. The van der Waals surface area contributed by atoms with Gasteiger partial charge in [0, 0.05) is 6.04 Å². The Hall–Kier alpha value is -0.990. The van der Waals surface area contributed by atoms with E-state index in [0.717, 1.165) is 6.92 Å². The first kappa shape index (κ1) is 15.0. The normalized spacial score (nSPS) is 15.1. The lowest BCUT2D eigenvalue weighted by molar-refractivity contribution is -0.274. The molecule has 0 spiro atoms. The van der Waals surface area contributed by atoms with Gasteiger partial charge in [0.1, 0.15) is 0 Å². The number of aliphatic hydroxyl groups excluding tert-OH is 1. The molecule has 3 nitrogen and oxygen atoms in total. The minimum absolute atomic E-state index is 0.756. The van der Waals surface area contributed by atoms with Crippen molar-refractivity contribution >= 4 is 5.91 Å². The third-order valence-corrected chi connectivity index (χ3v) is 1.58. The van der Waals surface area contributed by atoms with Gasteiger partial charge in [0.25, 0.3) is 0 Å². The quantitative estimate of drug-likeness (QED) is 0.743. The predicted octanol–water partition coefficient (Wildman–Crippen LogP) is 1.22. The van der Waals surface area contributed by atoms with Gasteiger partial charge < -0.3 is 10.4 Å². The van der Waals surface area contributed by atoms with Gasteiger partial charge in [-0.15, -0.1) is 0 Å². The zero-order valence-electron chi connectivity index (χ0n) is 7.99. The number of rotatable bonds is 3. The fourth-order valence-corrected chi connectivity index (χ4v) is 0.855. The van der Waals surface area contributed by atoms with Gasteiger partial charge in [0.2, 0.25) is 11.8 Å². The molecule has 0 bridgehead atoms. The molecule has 0 aliphatic carbocycles. The van der Waals surface area contributed by atoms with Crippen molar-refractivity contribution in [3.05, 3.63) is 0 Å². The van der Waals surface area contributed by atoms with Crippen molar-refractivity contribution in [2.24, 2.45) is 5.92 Å². The van der Waals surface area contributed by atoms with Crippen LogP contribution in [-0.2, 0) is 4.79 Å². The summed E-state index contributed by atoms with van der Waals surface area (Å²) in [5, 5.41) is 9.81. The van der Waals surface area contributed by atoms with Crippen LogP contribution in [0.25, 0.3) is 0 Å². The third kappa shape index (κ3) is 4.25. The second-order valence-corrected chi connectivity index (χ2v) is 3.11. The molecule has 9 heteroatoms. The lowest BCUT2D eigenvalue weighted by Crippen LogP contribution is -2.50. The molecular formula is C7H9F6NO2. The van der Waals surface area contributed by atoms with Crippen molar-refractivity contribution in [1.29, 1.82) is 0 Å². The highest BCUT2D eigenvalue weighted by Crippen LogP contribution is 2.39. The molecule has 0 aliphatic rings. The fraction of sp³-hybridized carbons (Fsp3) is 0.857. The van der Waals surface area contributed by atoms with E-state index in [1.807, 2.05) is 0 Å². The second kappa shape index (κ2) is 4.89. The number of amides is 1. The van der Waals surface area contributed by atoms with Crippen LogP contribution in [0.5, 0.6) is 0 Å². The van der Waals surface area contributed by atoms with Crippen LogP contribution in [0.2, 0.25) is 0 Å². The van der Waals surface area contributed by atoms with Gasteiger partial charge in [-0.2, -0.15) is 26.3 Å². The molecule has 16 heavy (non-hydrogen) atoms. The molecule has 0 aromatic rings. The van der Waals surface area contributed by atoms with E-state index in [4.69, 9.17) is 5.11 Å². The molecule has 1 amide bonds. The maximum Gasteiger partial charge on any atom is 0.409 e. The molecule has 0 fully saturated rings. The Labute approximate surface area is 86.4 Å². The first-order valence-corrected chi connectivity index (χ1v) is 4.04. The van der Waals surface area contributed by atoms with Crippen LogP contribution in [0.4, 0.5) is 26.3 Å². The summed E-state index contributed by atoms with van der Waals surface area (Å²) in [4.78, 5) is 10.7. The lowest BCUT2D eigenvalue weighted by atomic mass is 10.1. The number of carbonyl (C=O) groups excluding carboxylic acids is 1. The van der Waals surface area contributed by atoms with E-state index < -0.39 is 36.8 Å². The van der Waals surface area contributed by atoms with Crippen molar-refractivity contribution in [3.63, 3.8) is 0 Å². The number of hydrogen-bond acceptors (Lipinski definition) is 2. The Balaban J connectivity index is 4.87. The standard InChI is InChI=1S/C7H9F6NO2/c1-3(2-15)14-5(16)4(6(8,9)10)7(11,12)13/h3-4,15H,2H2,1H3,(H,14,16). The summed E-state index contributed by atoms with van der Waals surface area (Å²) in [6, 6.07) is -1.18. The Bertz CT molecular complexity index is 234. The molecule has 0 heterocycles. The van der Waals surface area contributed by atoms with Gasteiger partial charge in [0.15, 0.2) is 0 Å². The van der Waals surface area contributed by atoms with Crippen LogP contribution in [0.1, 0.15) is 6.92 Å². The number of alkyl halides is 6. The Morgan fingerprint density at radius 1 is 1.19 bits per heavy atom. The first-order valence-electron chi connectivity index (χ1n) is 4.04. The third-order valence-electron chi connectivity index (χ3n) is 1.58. The topological polar surface area (TPSA) is 49.3 Å². The van der Waals surface area contributed by atoms with Crippen molar-refractivity contribution < 1.29 is 36.2 Å². The number of hydrogen-bond donors (Lipinski definition) is 2. The van der Waals surface area contributed by atoms with E-state index in [1.54, 1.807) is 0 Å². The van der Waals surface area contributed by atoms with Gasteiger partial charge in [0.05, 0.1) is 6.61 Å². The van der Waals surface area contributed by atoms with Crippen molar-refractivity contribution in [1.82, 2.24) is 5.32 Å². The van der Waals surface area contributed by atoms with Crippen LogP contribution in [0.3, 0.4) is 0 Å². The average molecular weight is 253 g/mol. The minimum Gasteiger partial charge on any atom is -0.394 e. The summed E-state index contributed by atoms with van der Waals surface area (Å²) in [6.45, 7) is 0.315.